The number of carboxylic acids is 1. The number of aromatic nitrogens is 1. The Balaban J connectivity index is 1.45. The normalized spacial score (nSPS) is 15.0. The molecule has 2 heterocycles. The van der Waals surface area contributed by atoms with E-state index in [0.29, 0.717) is 41.5 Å². The van der Waals surface area contributed by atoms with E-state index >= 15 is 0 Å². The van der Waals surface area contributed by atoms with Crippen LogP contribution < -0.4 is 0 Å². The van der Waals surface area contributed by atoms with Gasteiger partial charge in [-0.25, -0.2) is 0 Å². The molecule has 4 rings (SSSR count). The Morgan fingerprint density at radius 2 is 1.84 bits per heavy atom. The van der Waals surface area contributed by atoms with Gasteiger partial charge in [-0.3, -0.25) is 9.59 Å². The van der Waals surface area contributed by atoms with Crippen molar-refractivity contribution < 1.29 is 14.7 Å². The smallest absolute Gasteiger partial charge is 0.306 e. The topological polar surface area (TPSA) is 62.5 Å². The number of carbonyl (C=O) groups is 2. The van der Waals surface area contributed by atoms with Gasteiger partial charge >= 0.3 is 5.97 Å². The molecule has 1 aromatic heterocycles. The van der Waals surface area contributed by atoms with E-state index < -0.39 is 5.97 Å². The monoisotopic (exact) mass is 488 g/mol. The molecule has 0 atom stereocenters. The minimum absolute atomic E-state index is 0.157. The Bertz CT molecular complexity index is 1210. The maximum absolute atomic E-state index is 12.5. The van der Waals surface area contributed by atoms with Gasteiger partial charge < -0.3 is 14.6 Å². The van der Waals surface area contributed by atoms with Crippen molar-refractivity contribution in [1.29, 1.82) is 0 Å². The molecule has 1 aliphatic rings. The number of rotatable bonds is 5. The van der Waals surface area contributed by atoms with Crippen LogP contribution in [0.5, 0.6) is 0 Å². The molecular formula is C24H22Cl2N2O3S. The molecule has 1 saturated heterocycles. The molecule has 5 nitrogen and oxygen atoms in total. The Morgan fingerprint density at radius 3 is 2.56 bits per heavy atom. The van der Waals surface area contributed by atoms with Gasteiger partial charge in [-0.2, -0.15) is 0 Å². The lowest BCUT2D eigenvalue weighted by atomic mass is 9.97. The summed E-state index contributed by atoms with van der Waals surface area (Å²) in [6, 6.07) is 12.1. The van der Waals surface area contributed by atoms with Crippen molar-refractivity contribution >= 4 is 63.8 Å². The van der Waals surface area contributed by atoms with Gasteiger partial charge in [-0.05, 0) is 54.8 Å². The van der Waals surface area contributed by atoms with Gasteiger partial charge in [-0.15, -0.1) is 0 Å². The van der Waals surface area contributed by atoms with Gasteiger partial charge in [0.05, 0.1) is 16.0 Å². The number of likely N-dealkylation sites (tertiary alicyclic amines) is 1. The number of halogens is 2. The largest absolute Gasteiger partial charge is 0.481 e. The van der Waals surface area contributed by atoms with E-state index in [1.165, 1.54) is 17.8 Å². The fraction of sp³-hybridized carbons (Fsp3) is 0.250. The average molecular weight is 489 g/mol. The molecule has 0 bridgehead atoms. The number of hydrogen-bond donors (Lipinski definition) is 1. The third kappa shape index (κ3) is 4.82. The second kappa shape index (κ2) is 9.61. The Morgan fingerprint density at radius 1 is 1.09 bits per heavy atom. The number of carbonyl (C=O) groups excluding carboxylic acids is 1. The molecular weight excluding hydrogens is 467 g/mol. The van der Waals surface area contributed by atoms with Crippen LogP contribution in [0.15, 0.2) is 58.5 Å². The third-order valence-corrected chi connectivity index (χ3v) is 7.78. The summed E-state index contributed by atoms with van der Waals surface area (Å²) in [5, 5.41) is 11.1. The van der Waals surface area contributed by atoms with Gasteiger partial charge in [0.25, 0.3) is 0 Å². The van der Waals surface area contributed by atoms with E-state index in [0.717, 1.165) is 20.7 Å². The Labute approximate surface area is 200 Å². The summed E-state index contributed by atoms with van der Waals surface area (Å²) < 4.78 is 2.07. The highest BCUT2D eigenvalue weighted by Gasteiger charge is 2.26. The van der Waals surface area contributed by atoms with Crippen molar-refractivity contribution in [2.45, 2.75) is 22.6 Å². The summed E-state index contributed by atoms with van der Waals surface area (Å²) >= 11 is 14.6. The molecule has 1 aliphatic heterocycles. The van der Waals surface area contributed by atoms with E-state index in [1.807, 2.05) is 25.4 Å². The zero-order valence-corrected chi connectivity index (χ0v) is 19.8. The van der Waals surface area contributed by atoms with Crippen molar-refractivity contribution in [2.24, 2.45) is 13.0 Å². The molecule has 8 heteroatoms. The van der Waals surface area contributed by atoms with Crippen molar-refractivity contribution in [2.75, 3.05) is 13.1 Å². The van der Waals surface area contributed by atoms with Gasteiger partial charge in [0.15, 0.2) is 0 Å². The first-order chi connectivity index (χ1) is 15.3. The molecule has 0 aliphatic carbocycles. The maximum Gasteiger partial charge on any atom is 0.306 e. The summed E-state index contributed by atoms with van der Waals surface area (Å²) in [4.78, 5) is 27.1. The summed E-state index contributed by atoms with van der Waals surface area (Å²) in [6.45, 7) is 0.881. The minimum atomic E-state index is -0.796. The molecule has 166 valence electrons. The lowest BCUT2D eigenvalue weighted by Crippen LogP contribution is -2.39. The second-order valence-electron chi connectivity index (χ2n) is 7.80. The molecule has 32 heavy (non-hydrogen) atoms. The molecule has 1 N–H and O–H groups in total. The Hall–Kier alpha value is -2.41. The van der Waals surface area contributed by atoms with Crippen molar-refractivity contribution in [3.05, 3.63) is 64.3 Å². The number of hydrogen-bond acceptors (Lipinski definition) is 3. The first kappa shape index (κ1) is 22.8. The first-order valence-electron chi connectivity index (χ1n) is 10.2. The number of nitrogens with zero attached hydrogens (tertiary/aromatic N) is 2. The predicted molar refractivity (Wildman–Crippen MR) is 129 cm³/mol. The zero-order valence-electron chi connectivity index (χ0n) is 17.4. The van der Waals surface area contributed by atoms with E-state index in [9.17, 15) is 9.59 Å². The van der Waals surface area contributed by atoms with Gasteiger partial charge in [0.2, 0.25) is 5.91 Å². The van der Waals surface area contributed by atoms with Gasteiger partial charge in [0.1, 0.15) is 0 Å². The first-order valence-corrected chi connectivity index (χ1v) is 11.8. The summed E-state index contributed by atoms with van der Waals surface area (Å²) in [5.74, 6) is -1.32. The van der Waals surface area contributed by atoms with Crippen molar-refractivity contribution in [3.8, 4) is 0 Å². The van der Waals surface area contributed by atoms with Crippen molar-refractivity contribution in [1.82, 2.24) is 9.47 Å². The summed E-state index contributed by atoms with van der Waals surface area (Å²) in [5.41, 5.74) is 1.82. The fourth-order valence-corrected chi connectivity index (χ4v) is 5.29. The quantitative estimate of drug-likeness (QED) is 0.449. The van der Waals surface area contributed by atoms with Crippen LogP contribution in [-0.2, 0) is 16.6 Å². The van der Waals surface area contributed by atoms with E-state index in [1.54, 1.807) is 11.0 Å². The van der Waals surface area contributed by atoms with Crippen LogP contribution in [0, 0.1) is 5.92 Å². The highest BCUT2D eigenvalue weighted by Crippen LogP contribution is 2.40. The predicted octanol–water partition coefficient (Wildman–Crippen LogP) is 5.97. The SMILES string of the molecule is Cn1ccc2cc(Sc3ccc(/C=C/C(=O)N4CCC(C(=O)O)CC4)c(Cl)c3Cl)ccc21. The van der Waals surface area contributed by atoms with Crippen LogP contribution in [0.1, 0.15) is 18.4 Å². The average Bonchev–Trinajstić information content (AvgIpc) is 3.16. The maximum atomic E-state index is 12.5. The number of aryl methyl sites for hydroxylation is 1. The van der Waals surface area contributed by atoms with Crippen LogP contribution >= 0.6 is 35.0 Å². The molecule has 1 fully saturated rings. The lowest BCUT2D eigenvalue weighted by Gasteiger charge is -2.29. The van der Waals surface area contributed by atoms with Crippen molar-refractivity contribution in [3.63, 3.8) is 0 Å². The number of fused-ring (bicyclic) bond motifs is 1. The third-order valence-electron chi connectivity index (χ3n) is 5.72. The number of amides is 1. The minimum Gasteiger partial charge on any atom is -0.481 e. The van der Waals surface area contributed by atoms with E-state index in [2.05, 4.69) is 28.8 Å². The second-order valence-corrected chi connectivity index (χ2v) is 9.67. The molecule has 0 saturated carbocycles. The number of aliphatic carboxylic acids is 1. The van der Waals surface area contributed by atoms with Crippen LogP contribution in [0.3, 0.4) is 0 Å². The van der Waals surface area contributed by atoms with E-state index in [-0.39, 0.29) is 11.8 Å². The van der Waals surface area contributed by atoms with E-state index in [4.69, 9.17) is 28.3 Å². The summed E-state index contributed by atoms with van der Waals surface area (Å²) in [6.07, 6.45) is 6.10. The number of piperidine rings is 1. The highest BCUT2D eigenvalue weighted by atomic mass is 35.5. The lowest BCUT2D eigenvalue weighted by molar-refractivity contribution is -0.144. The molecule has 0 spiro atoms. The van der Waals surface area contributed by atoms with Crippen LogP contribution in [0.4, 0.5) is 0 Å². The molecule has 0 radical (unpaired) electrons. The number of benzene rings is 2. The zero-order chi connectivity index (χ0) is 22.8. The van der Waals surface area contributed by atoms with Crippen LogP contribution in [0.25, 0.3) is 17.0 Å². The summed E-state index contributed by atoms with van der Waals surface area (Å²) in [7, 11) is 2.01. The van der Waals surface area contributed by atoms with Gasteiger partial charge in [0, 0.05) is 53.1 Å². The fourth-order valence-electron chi connectivity index (χ4n) is 3.82. The number of carboxylic acid groups (broad SMARTS) is 1. The molecule has 2 aromatic carbocycles. The molecule has 1 amide bonds. The van der Waals surface area contributed by atoms with Gasteiger partial charge in [-0.1, -0.05) is 41.0 Å². The van der Waals surface area contributed by atoms with Crippen LogP contribution in [-0.4, -0.2) is 39.5 Å². The molecule has 0 unspecified atom stereocenters. The molecule has 3 aromatic rings. The Kier molecular flexibility index (Phi) is 6.84. The highest BCUT2D eigenvalue weighted by molar-refractivity contribution is 7.99. The van der Waals surface area contributed by atoms with Crippen LogP contribution in [0.2, 0.25) is 10.0 Å². The standard InChI is InChI=1S/C24H22Cl2N2O3S/c1-27-11-8-17-14-18(4-5-19(17)27)32-20-6-2-15(22(25)23(20)26)3-7-21(29)28-12-9-16(10-13-28)24(30)31/h2-8,11,14,16H,9-10,12-13H2,1H3,(H,30,31)/b7-3+.